The molecule has 2 heterocycles. The molecule has 0 N–H and O–H groups in total. The smallest absolute Gasteiger partial charge is 0.346 e. The van der Waals surface area contributed by atoms with E-state index in [-0.39, 0.29) is 17.9 Å². The zero-order valence-electron chi connectivity index (χ0n) is 14.6. The van der Waals surface area contributed by atoms with Crippen LogP contribution in [0.4, 0.5) is 0 Å². The Balaban J connectivity index is 1.84. The molecule has 0 aliphatic rings. The largest absolute Gasteiger partial charge is 0.466 e. The van der Waals surface area contributed by atoms with Gasteiger partial charge in [0.05, 0.1) is 11.6 Å². The molecule has 0 aliphatic carbocycles. The van der Waals surface area contributed by atoms with E-state index in [1.165, 1.54) is 6.26 Å². The van der Waals surface area contributed by atoms with E-state index in [1.807, 2.05) is 31.2 Å². The second kappa shape index (κ2) is 6.96. The summed E-state index contributed by atoms with van der Waals surface area (Å²) in [5.41, 5.74) is 1.57. The number of para-hydroxylation sites is 1. The zero-order valence-corrected chi connectivity index (χ0v) is 14.6. The van der Waals surface area contributed by atoms with Gasteiger partial charge in [0, 0.05) is 5.56 Å². The fourth-order valence-electron chi connectivity index (χ4n) is 2.84. The number of aryl methyl sites for hydroxylation is 1. The minimum atomic E-state index is -0.749. The third kappa shape index (κ3) is 3.27. The van der Waals surface area contributed by atoms with E-state index in [1.54, 1.807) is 36.4 Å². The van der Waals surface area contributed by atoms with Gasteiger partial charge in [0.15, 0.2) is 11.3 Å². The fourth-order valence-corrected chi connectivity index (χ4v) is 2.84. The lowest BCUT2D eigenvalue weighted by molar-refractivity contribution is 0.0443. The van der Waals surface area contributed by atoms with Gasteiger partial charge >= 0.3 is 5.97 Å². The van der Waals surface area contributed by atoms with Crippen LogP contribution in [0.2, 0.25) is 0 Å². The quantitative estimate of drug-likeness (QED) is 0.493. The number of hydrogen-bond donors (Lipinski definition) is 0. The Morgan fingerprint density at radius 3 is 2.52 bits per heavy atom. The van der Waals surface area contributed by atoms with Crippen molar-refractivity contribution >= 4 is 16.9 Å². The molecule has 4 aromatic rings. The second-order valence-corrected chi connectivity index (χ2v) is 6.15. The maximum Gasteiger partial charge on any atom is 0.346 e. The molecule has 0 bridgehead atoms. The van der Waals surface area contributed by atoms with Crippen molar-refractivity contribution in [2.45, 2.75) is 13.5 Å². The van der Waals surface area contributed by atoms with Crippen molar-refractivity contribution in [2.24, 2.45) is 0 Å². The summed E-state index contributed by atoms with van der Waals surface area (Å²) in [6.45, 7) is 1.89. The molecule has 0 fully saturated rings. The standard InChI is InChI=1S/C22H16O5/c1-14-8-10-15(11-9-14)21-19(22(24)26-13-16-5-4-12-25-16)20(23)17-6-2-3-7-18(17)27-21/h2-12H,13H2,1H3. The predicted octanol–water partition coefficient (Wildman–Crippen LogP) is 4.72. The number of hydrogen-bond acceptors (Lipinski definition) is 5. The van der Waals surface area contributed by atoms with Gasteiger partial charge in [-0.05, 0) is 31.2 Å². The Bertz CT molecular complexity index is 1150. The zero-order chi connectivity index (χ0) is 18.8. The van der Waals surface area contributed by atoms with Gasteiger partial charge < -0.3 is 13.6 Å². The van der Waals surface area contributed by atoms with Crippen molar-refractivity contribution in [3.63, 3.8) is 0 Å². The molecule has 0 atom stereocenters. The van der Waals surface area contributed by atoms with Gasteiger partial charge in [-0.2, -0.15) is 0 Å². The van der Waals surface area contributed by atoms with Crippen LogP contribution in [0.25, 0.3) is 22.3 Å². The second-order valence-electron chi connectivity index (χ2n) is 6.15. The summed E-state index contributed by atoms with van der Waals surface area (Å²) in [5, 5.41) is 0.332. The lowest BCUT2D eigenvalue weighted by Gasteiger charge is -2.10. The molecular formula is C22H16O5. The first kappa shape index (κ1) is 16.8. The van der Waals surface area contributed by atoms with Crippen molar-refractivity contribution in [3.8, 4) is 11.3 Å². The average Bonchev–Trinajstić information content (AvgIpc) is 3.20. The molecule has 0 spiro atoms. The Labute approximate surface area is 154 Å². The van der Waals surface area contributed by atoms with Crippen LogP contribution >= 0.6 is 0 Å². The van der Waals surface area contributed by atoms with E-state index < -0.39 is 11.4 Å². The molecule has 0 radical (unpaired) electrons. The van der Waals surface area contributed by atoms with Crippen molar-refractivity contribution in [2.75, 3.05) is 0 Å². The number of furan rings is 1. The summed E-state index contributed by atoms with van der Waals surface area (Å²) in [6.07, 6.45) is 1.49. The number of rotatable bonds is 4. The topological polar surface area (TPSA) is 69.7 Å². The monoisotopic (exact) mass is 360 g/mol. The van der Waals surface area contributed by atoms with E-state index >= 15 is 0 Å². The summed E-state index contributed by atoms with van der Waals surface area (Å²) in [7, 11) is 0. The SMILES string of the molecule is Cc1ccc(-c2oc3ccccc3c(=O)c2C(=O)OCc2ccco2)cc1. The molecule has 0 amide bonds. The molecule has 2 aromatic heterocycles. The Kier molecular flexibility index (Phi) is 4.34. The minimum absolute atomic E-state index is 0.0640. The van der Waals surface area contributed by atoms with Crippen molar-refractivity contribution in [1.29, 1.82) is 0 Å². The molecule has 0 saturated carbocycles. The van der Waals surface area contributed by atoms with Crippen LogP contribution < -0.4 is 5.43 Å². The van der Waals surface area contributed by atoms with E-state index in [4.69, 9.17) is 13.6 Å². The number of carbonyl (C=O) groups excluding carboxylic acids is 1. The Morgan fingerprint density at radius 2 is 1.78 bits per heavy atom. The third-order valence-electron chi connectivity index (χ3n) is 4.24. The highest BCUT2D eigenvalue weighted by Crippen LogP contribution is 2.27. The van der Waals surface area contributed by atoms with Gasteiger partial charge in [-0.25, -0.2) is 4.79 Å². The van der Waals surface area contributed by atoms with Gasteiger partial charge in [-0.15, -0.1) is 0 Å². The summed E-state index contributed by atoms with van der Waals surface area (Å²) in [4.78, 5) is 25.7. The van der Waals surface area contributed by atoms with Gasteiger partial charge in [-0.1, -0.05) is 42.0 Å². The highest BCUT2D eigenvalue weighted by atomic mass is 16.5. The van der Waals surface area contributed by atoms with Crippen molar-refractivity contribution in [1.82, 2.24) is 0 Å². The van der Waals surface area contributed by atoms with Gasteiger partial charge in [0.25, 0.3) is 0 Å². The Morgan fingerprint density at radius 1 is 1.00 bits per heavy atom. The molecule has 5 heteroatoms. The molecule has 134 valence electrons. The van der Waals surface area contributed by atoms with E-state index in [9.17, 15) is 9.59 Å². The summed E-state index contributed by atoms with van der Waals surface area (Å²) < 4.78 is 16.4. The van der Waals surface area contributed by atoms with Gasteiger partial charge in [0.2, 0.25) is 5.43 Å². The van der Waals surface area contributed by atoms with Crippen LogP contribution in [0.5, 0.6) is 0 Å². The fraction of sp³-hybridized carbons (Fsp3) is 0.0909. The van der Waals surface area contributed by atoms with Gasteiger partial charge in [0.1, 0.15) is 18.0 Å². The van der Waals surface area contributed by atoms with Crippen LogP contribution in [0.3, 0.4) is 0 Å². The molecule has 2 aromatic carbocycles. The molecule has 27 heavy (non-hydrogen) atoms. The van der Waals surface area contributed by atoms with Crippen LogP contribution in [-0.4, -0.2) is 5.97 Å². The van der Waals surface area contributed by atoms with Crippen LogP contribution in [-0.2, 0) is 11.3 Å². The first-order valence-corrected chi connectivity index (χ1v) is 8.46. The van der Waals surface area contributed by atoms with E-state index in [0.29, 0.717) is 22.3 Å². The number of esters is 1. The molecule has 4 rings (SSSR count). The summed E-state index contributed by atoms with van der Waals surface area (Å²) >= 11 is 0. The molecule has 5 nitrogen and oxygen atoms in total. The molecule has 0 unspecified atom stereocenters. The number of fused-ring (bicyclic) bond motifs is 1. The minimum Gasteiger partial charge on any atom is -0.466 e. The highest BCUT2D eigenvalue weighted by molar-refractivity contribution is 5.99. The summed E-state index contributed by atoms with van der Waals surface area (Å²) in [6, 6.07) is 17.6. The number of carbonyl (C=O) groups is 1. The first-order valence-electron chi connectivity index (χ1n) is 8.46. The first-order chi connectivity index (χ1) is 13.1. The maximum absolute atomic E-state index is 13.0. The third-order valence-corrected chi connectivity index (χ3v) is 4.24. The summed E-state index contributed by atoms with van der Waals surface area (Å²) in [5.74, 6) is -0.0602. The molecule has 0 saturated heterocycles. The molecule has 0 aliphatic heterocycles. The average molecular weight is 360 g/mol. The van der Waals surface area contributed by atoms with Crippen molar-refractivity contribution < 1.29 is 18.4 Å². The lowest BCUT2D eigenvalue weighted by atomic mass is 10.0. The predicted molar refractivity (Wildman–Crippen MR) is 100 cm³/mol. The van der Waals surface area contributed by atoms with Crippen LogP contribution in [0, 0.1) is 6.92 Å². The van der Waals surface area contributed by atoms with Crippen LogP contribution in [0.1, 0.15) is 21.7 Å². The highest BCUT2D eigenvalue weighted by Gasteiger charge is 2.23. The van der Waals surface area contributed by atoms with E-state index in [0.717, 1.165) is 5.56 Å². The lowest BCUT2D eigenvalue weighted by Crippen LogP contribution is -2.19. The van der Waals surface area contributed by atoms with Crippen molar-refractivity contribution in [3.05, 3.63) is 94.0 Å². The normalized spacial score (nSPS) is 10.9. The van der Waals surface area contributed by atoms with E-state index in [2.05, 4.69) is 0 Å². The van der Waals surface area contributed by atoms with Gasteiger partial charge in [-0.3, -0.25) is 4.79 Å². The number of ether oxygens (including phenoxy) is 1. The number of benzene rings is 2. The van der Waals surface area contributed by atoms with Crippen LogP contribution in [0.15, 0.2) is 80.6 Å². The maximum atomic E-state index is 13.0. The molecular weight excluding hydrogens is 344 g/mol. The Hall–Kier alpha value is -3.60.